The maximum atomic E-state index is 4.99. The molecule has 1 aromatic carbocycles. The Bertz CT molecular complexity index is 381. The summed E-state index contributed by atoms with van der Waals surface area (Å²) in [7, 11) is 1.66. The third-order valence-corrected chi connectivity index (χ3v) is 1.80. The van der Waals surface area contributed by atoms with Crippen LogP contribution >= 0.6 is 0 Å². The van der Waals surface area contributed by atoms with E-state index < -0.39 is 0 Å². The fourth-order valence-electron chi connectivity index (χ4n) is 1.25. The minimum absolute atomic E-state index is 0.507. The number of para-hydroxylation sites is 1. The highest BCUT2D eigenvalue weighted by molar-refractivity contribution is 5.78. The van der Waals surface area contributed by atoms with Crippen molar-refractivity contribution in [2.45, 2.75) is 6.73 Å². The molecule has 0 amide bonds. The van der Waals surface area contributed by atoms with Crippen LogP contribution in [0.15, 0.2) is 30.5 Å². The van der Waals surface area contributed by atoms with E-state index in [1.54, 1.807) is 7.11 Å². The van der Waals surface area contributed by atoms with Gasteiger partial charge in [-0.2, -0.15) is 5.10 Å². The highest BCUT2D eigenvalue weighted by Crippen LogP contribution is 2.11. The van der Waals surface area contributed by atoms with Gasteiger partial charge in [0.05, 0.1) is 11.7 Å². The predicted molar refractivity (Wildman–Crippen MR) is 46.7 cm³/mol. The Kier molecular flexibility index (Phi) is 1.80. The number of benzene rings is 1. The molecule has 2 aromatic rings. The van der Waals surface area contributed by atoms with Crippen molar-refractivity contribution >= 4 is 10.9 Å². The zero-order valence-corrected chi connectivity index (χ0v) is 6.90. The zero-order chi connectivity index (χ0) is 8.39. The van der Waals surface area contributed by atoms with E-state index in [2.05, 4.69) is 5.10 Å². The van der Waals surface area contributed by atoms with Crippen molar-refractivity contribution in [2.75, 3.05) is 7.11 Å². The molecule has 0 aliphatic carbocycles. The Balaban J connectivity index is 2.55. The molecule has 0 N–H and O–H groups in total. The van der Waals surface area contributed by atoms with Crippen LogP contribution in [-0.4, -0.2) is 16.9 Å². The lowest BCUT2D eigenvalue weighted by Crippen LogP contribution is -2.00. The first kappa shape index (κ1) is 7.31. The summed E-state index contributed by atoms with van der Waals surface area (Å²) in [6.45, 7) is 0.507. The summed E-state index contributed by atoms with van der Waals surface area (Å²) in [5, 5.41) is 5.32. The second kappa shape index (κ2) is 2.95. The van der Waals surface area contributed by atoms with E-state index in [4.69, 9.17) is 4.74 Å². The Hall–Kier alpha value is -1.35. The molecule has 0 aliphatic rings. The van der Waals surface area contributed by atoms with Gasteiger partial charge in [-0.15, -0.1) is 0 Å². The summed E-state index contributed by atoms with van der Waals surface area (Å²) in [5.41, 5.74) is 1.11. The first-order valence-electron chi connectivity index (χ1n) is 3.81. The van der Waals surface area contributed by atoms with Crippen molar-refractivity contribution in [1.29, 1.82) is 0 Å². The van der Waals surface area contributed by atoms with Gasteiger partial charge in [0.2, 0.25) is 0 Å². The maximum Gasteiger partial charge on any atom is 0.139 e. The van der Waals surface area contributed by atoms with Gasteiger partial charge in [-0.1, -0.05) is 18.2 Å². The fraction of sp³-hybridized carbons (Fsp3) is 0.222. The molecule has 0 atom stereocenters. The van der Waals surface area contributed by atoms with Crippen molar-refractivity contribution < 1.29 is 4.74 Å². The second-order valence-electron chi connectivity index (χ2n) is 2.62. The van der Waals surface area contributed by atoms with E-state index >= 15 is 0 Å². The molecule has 0 spiro atoms. The Morgan fingerprint density at radius 2 is 2.25 bits per heavy atom. The molecule has 3 heteroatoms. The molecule has 0 aliphatic heterocycles. The van der Waals surface area contributed by atoms with E-state index in [9.17, 15) is 0 Å². The second-order valence-corrected chi connectivity index (χ2v) is 2.62. The van der Waals surface area contributed by atoms with Crippen LogP contribution in [0.25, 0.3) is 10.9 Å². The zero-order valence-electron chi connectivity index (χ0n) is 6.90. The van der Waals surface area contributed by atoms with Crippen molar-refractivity contribution in [3.8, 4) is 0 Å². The van der Waals surface area contributed by atoms with Crippen LogP contribution in [0.5, 0.6) is 0 Å². The number of rotatable bonds is 2. The Morgan fingerprint density at radius 1 is 1.42 bits per heavy atom. The van der Waals surface area contributed by atoms with Gasteiger partial charge >= 0.3 is 0 Å². The fourth-order valence-corrected chi connectivity index (χ4v) is 1.25. The number of methoxy groups -OCH3 is 1. The number of aromatic nitrogens is 2. The first-order chi connectivity index (χ1) is 5.92. The predicted octanol–water partition coefficient (Wildman–Crippen LogP) is 1.64. The van der Waals surface area contributed by atoms with Crippen LogP contribution < -0.4 is 0 Å². The van der Waals surface area contributed by atoms with Gasteiger partial charge in [0.15, 0.2) is 0 Å². The third kappa shape index (κ3) is 1.08. The van der Waals surface area contributed by atoms with Gasteiger partial charge in [-0.05, 0) is 6.07 Å². The average Bonchev–Trinajstić information content (AvgIpc) is 2.50. The maximum absolute atomic E-state index is 4.99. The molecule has 3 nitrogen and oxygen atoms in total. The third-order valence-electron chi connectivity index (χ3n) is 1.80. The van der Waals surface area contributed by atoms with E-state index in [1.807, 2.05) is 35.1 Å². The topological polar surface area (TPSA) is 27.1 Å². The highest BCUT2D eigenvalue weighted by Gasteiger charge is 1.98. The largest absolute Gasteiger partial charge is 0.362 e. The van der Waals surface area contributed by atoms with Crippen LogP contribution in [0.4, 0.5) is 0 Å². The lowest BCUT2D eigenvalue weighted by molar-refractivity contribution is 0.124. The summed E-state index contributed by atoms with van der Waals surface area (Å²) < 4.78 is 6.82. The molecule has 0 unspecified atom stereocenters. The monoisotopic (exact) mass is 162 g/mol. The molecule has 12 heavy (non-hydrogen) atoms. The summed E-state index contributed by atoms with van der Waals surface area (Å²) in [6.07, 6.45) is 1.84. The van der Waals surface area contributed by atoms with Crippen LogP contribution in [-0.2, 0) is 11.5 Å². The van der Waals surface area contributed by atoms with Crippen LogP contribution in [0.3, 0.4) is 0 Å². The SMILES string of the molecule is COCn1ncc2ccccc21. The van der Waals surface area contributed by atoms with Crippen molar-refractivity contribution in [3.63, 3.8) is 0 Å². The molecule has 0 fully saturated rings. The van der Waals surface area contributed by atoms with Crippen LogP contribution in [0.2, 0.25) is 0 Å². The number of ether oxygens (including phenoxy) is 1. The normalized spacial score (nSPS) is 10.8. The summed E-state index contributed by atoms with van der Waals surface area (Å²) in [4.78, 5) is 0. The highest BCUT2D eigenvalue weighted by atomic mass is 16.5. The van der Waals surface area contributed by atoms with Gasteiger partial charge in [-0.3, -0.25) is 0 Å². The van der Waals surface area contributed by atoms with Crippen LogP contribution in [0.1, 0.15) is 0 Å². The molecule has 1 heterocycles. The smallest absolute Gasteiger partial charge is 0.139 e. The Labute approximate surface area is 70.6 Å². The van der Waals surface area contributed by atoms with Gasteiger partial charge in [0, 0.05) is 12.5 Å². The van der Waals surface area contributed by atoms with E-state index in [0.717, 1.165) is 10.9 Å². The molecule has 0 radical (unpaired) electrons. The summed E-state index contributed by atoms with van der Waals surface area (Å²) >= 11 is 0. The van der Waals surface area contributed by atoms with E-state index in [-0.39, 0.29) is 0 Å². The number of nitrogens with zero attached hydrogens (tertiary/aromatic N) is 2. The summed E-state index contributed by atoms with van der Waals surface area (Å²) in [6, 6.07) is 8.06. The lowest BCUT2D eigenvalue weighted by Gasteiger charge is -1.99. The lowest BCUT2D eigenvalue weighted by atomic mass is 10.3. The van der Waals surface area contributed by atoms with E-state index in [1.165, 1.54) is 0 Å². The molecular formula is C9H10N2O. The van der Waals surface area contributed by atoms with Crippen molar-refractivity contribution in [2.24, 2.45) is 0 Å². The van der Waals surface area contributed by atoms with Gasteiger partial charge in [0.1, 0.15) is 6.73 Å². The molecule has 2 rings (SSSR count). The number of fused-ring (bicyclic) bond motifs is 1. The van der Waals surface area contributed by atoms with E-state index in [0.29, 0.717) is 6.73 Å². The molecule has 0 saturated carbocycles. The van der Waals surface area contributed by atoms with Crippen molar-refractivity contribution in [1.82, 2.24) is 9.78 Å². The van der Waals surface area contributed by atoms with Gasteiger partial charge in [-0.25, -0.2) is 4.68 Å². The van der Waals surface area contributed by atoms with Crippen LogP contribution in [0, 0.1) is 0 Å². The van der Waals surface area contributed by atoms with Gasteiger partial charge < -0.3 is 4.74 Å². The minimum Gasteiger partial charge on any atom is -0.362 e. The van der Waals surface area contributed by atoms with Crippen molar-refractivity contribution in [3.05, 3.63) is 30.5 Å². The standard InChI is InChI=1S/C9H10N2O/c1-12-7-11-9-5-3-2-4-8(9)6-10-11/h2-6H,7H2,1H3. The minimum atomic E-state index is 0.507. The molecule has 62 valence electrons. The molecule has 0 saturated heterocycles. The Morgan fingerprint density at radius 3 is 3.08 bits per heavy atom. The van der Waals surface area contributed by atoms with Gasteiger partial charge in [0.25, 0.3) is 0 Å². The first-order valence-corrected chi connectivity index (χ1v) is 3.81. The molecular weight excluding hydrogens is 152 g/mol. The number of hydrogen-bond acceptors (Lipinski definition) is 2. The molecule has 0 bridgehead atoms. The summed E-state index contributed by atoms with van der Waals surface area (Å²) in [5.74, 6) is 0. The average molecular weight is 162 g/mol. The quantitative estimate of drug-likeness (QED) is 0.671. The number of hydrogen-bond donors (Lipinski definition) is 0. The molecule has 1 aromatic heterocycles.